The molecule has 5 heteroatoms. The van der Waals surface area contributed by atoms with Gasteiger partial charge in [0.15, 0.2) is 0 Å². The van der Waals surface area contributed by atoms with Crippen LogP contribution in [0.15, 0.2) is 85.2 Å². The van der Waals surface area contributed by atoms with Gasteiger partial charge in [-0.25, -0.2) is 0 Å². The van der Waals surface area contributed by atoms with Gasteiger partial charge in [-0.15, -0.1) is 0 Å². The number of para-hydroxylation sites is 1. The predicted octanol–water partition coefficient (Wildman–Crippen LogP) is 1.32. The maximum atomic E-state index is 12.4. The van der Waals surface area contributed by atoms with Crippen LogP contribution in [0.1, 0.15) is 0 Å². The summed E-state index contributed by atoms with van der Waals surface area (Å²) in [6.45, 7) is 0. The molecule has 3 aromatic heterocycles. The van der Waals surface area contributed by atoms with Crippen LogP contribution in [0.3, 0.4) is 0 Å². The van der Waals surface area contributed by atoms with E-state index >= 15 is 0 Å². The second kappa shape index (κ2) is 6.92. The summed E-state index contributed by atoms with van der Waals surface area (Å²) < 4.78 is 2.14. The van der Waals surface area contributed by atoms with Crippen molar-refractivity contribution < 1.29 is 24.0 Å². The van der Waals surface area contributed by atoms with Crippen molar-refractivity contribution in [1.29, 1.82) is 0 Å². The molecule has 4 nitrogen and oxygen atoms in total. The van der Waals surface area contributed by atoms with Gasteiger partial charge in [0.05, 0.1) is 22.2 Å². The number of hydrogen-bond acceptors (Lipinski definition) is 3. The molecule has 0 radical (unpaired) electrons. The van der Waals surface area contributed by atoms with E-state index in [-0.39, 0.29) is 24.6 Å². The van der Waals surface area contributed by atoms with Gasteiger partial charge in [-0.3, -0.25) is 9.97 Å². The molecule has 0 unspecified atom stereocenters. The van der Waals surface area contributed by atoms with Crippen LogP contribution in [0.5, 0.6) is 5.75 Å². The molecule has 0 aliphatic heterocycles. The summed E-state index contributed by atoms with van der Waals surface area (Å²) >= 11 is 0. The number of nitrogens with zero attached hydrogens (tertiary/aromatic N) is 3. The van der Waals surface area contributed by atoms with Crippen molar-refractivity contribution in [1.82, 2.24) is 14.5 Å². The van der Waals surface area contributed by atoms with Crippen LogP contribution in [-0.4, -0.2) is 14.5 Å². The van der Waals surface area contributed by atoms with Gasteiger partial charge in [0.1, 0.15) is 0 Å². The first-order valence-electron chi connectivity index (χ1n) is 8.40. The summed E-state index contributed by atoms with van der Waals surface area (Å²) in [5, 5.41) is 13.5. The zero-order valence-corrected chi connectivity index (χ0v) is 14.8. The van der Waals surface area contributed by atoms with Crippen molar-refractivity contribution in [2.75, 3.05) is 0 Å². The minimum absolute atomic E-state index is 0. The van der Waals surface area contributed by atoms with Crippen molar-refractivity contribution in [3.05, 3.63) is 85.2 Å². The Morgan fingerprint density at radius 3 is 2.37 bits per heavy atom. The van der Waals surface area contributed by atoms with E-state index < -0.39 is 0 Å². The molecule has 0 fully saturated rings. The third-order valence-electron chi connectivity index (χ3n) is 4.59. The molecule has 5 aromatic rings. The molecule has 0 saturated heterocycles. The van der Waals surface area contributed by atoms with Gasteiger partial charge >= 0.3 is 18.9 Å². The molecule has 3 heterocycles. The molecule has 0 atom stereocenters. The average Bonchev–Trinajstić information content (AvgIpc) is 3.04. The summed E-state index contributed by atoms with van der Waals surface area (Å²) in [5.41, 5.74) is 5.22. The first kappa shape index (κ1) is 17.4. The monoisotopic (exact) mass is 343 g/mol. The summed E-state index contributed by atoms with van der Waals surface area (Å²) in [7, 11) is 0. The maximum absolute atomic E-state index is 12.4. The van der Waals surface area contributed by atoms with Crippen molar-refractivity contribution >= 4 is 21.9 Å². The Balaban J connectivity index is 0.00000180. The van der Waals surface area contributed by atoms with Crippen LogP contribution >= 0.6 is 0 Å². The molecule has 0 amide bonds. The van der Waals surface area contributed by atoms with E-state index in [0.717, 1.165) is 27.6 Å². The molecule has 5 rings (SSSR count). The first-order valence-corrected chi connectivity index (χ1v) is 8.40. The fraction of sp³-hybridized carbons (Fsp3) is 0. The molecule has 0 aliphatic carbocycles. The molecule has 0 aliphatic rings. The first-order chi connectivity index (χ1) is 12.8. The summed E-state index contributed by atoms with van der Waals surface area (Å²) in [4.78, 5) is 8.89. The normalized spacial score (nSPS) is 10.8. The third-order valence-corrected chi connectivity index (χ3v) is 4.59. The molecule has 0 spiro atoms. The topological polar surface area (TPSA) is 53.8 Å². The van der Waals surface area contributed by atoms with E-state index in [9.17, 15) is 5.11 Å². The molecule has 124 valence electrons. The molecule has 2 aromatic carbocycles. The number of fused-ring (bicyclic) bond motifs is 3. The molecule has 0 N–H and O–H groups in total. The SMILES string of the molecule is [Li+].[O-]c1ccc(-n2c3ccccc3c3ncccc32)cc1-c1ccccn1. The van der Waals surface area contributed by atoms with Gasteiger partial charge < -0.3 is 9.67 Å². The summed E-state index contributed by atoms with van der Waals surface area (Å²) in [5.74, 6) is -0.0358. The smallest absolute Gasteiger partial charge is 0.872 e. The molecule has 0 saturated carbocycles. The summed E-state index contributed by atoms with van der Waals surface area (Å²) in [6, 6.07) is 23.1. The second-order valence-corrected chi connectivity index (χ2v) is 6.12. The van der Waals surface area contributed by atoms with Gasteiger partial charge in [0.25, 0.3) is 0 Å². The molecule has 27 heavy (non-hydrogen) atoms. The van der Waals surface area contributed by atoms with Crippen molar-refractivity contribution in [2.45, 2.75) is 0 Å². The quantitative estimate of drug-likeness (QED) is 0.454. The Kier molecular flexibility index (Phi) is 4.45. The van der Waals surface area contributed by atoms with Crippen LogP contribution in [0.4, 0.5) is 0 Å². The van der Waals surface area contributed by atoms with E-state index in [0.29, 0.717) is 11.3 Å². The maximum Gasteiger partial charge on any atom is 1.00 e. The van der Waals surface area contributed by atoms with Gasteiger partial charge in [-0.2, -0.15) is 0 Å². The fourth-order valence-corrected chi connectivity index (χ4v) is 3.44. The number of hydrogen-bond donors (Lipinski definition) is 0. The van der Waals surface area contributed by atoms with Crippen LogP contribution in [0, 0.1) is 0 Å². The van der Waals surface area contributed by atoms with E-state index in [1.54, 1.807) is 18.5 Å². The van der Waals surface area contributed by atoms with Crippen LogP contribution < -0.4 is 24.0 Å². The van der Waals surface area contributed by atoms with Crippen molar-refractivity contribution in [3.63, 3.8) is 0 Å². The van der Waals surface area contributed by atoms with Crippen LogP contribution in [0.25, 0.3) is 38.9 Å². The third kappa shape index (κ3) is 2.80. The Morgan fingerprint density at radius 2 is 1.52 bits per heavy atom. The van der Waals surface area contributed by atoms with Crippen molar-refractivity contribution in [2.24, 2.45) is 0 Å². The van der Waals surface area contributed by atoms with Gasteiger partial charge in [-0.1, -0.05) is 36.1 Å². The predicted molar refractivity (Wildman–Crippen MR) is 101 cm³/mol. The Labute approximate surface area is 168 Å². The largest absolute Gasteiger partial charge is 1.00 e. The Morgan fingerprint density at radius 1 is 0.741 bits per heavy atom. The number of benzene rings is 2. The molecular weight excluding hydrogens is 329 g/mol. The minimum atomic E-state index is -0.0358. The zero-order valence-electron chi connectivity index (χ0n) is 14.8. The minimum Gasteiger partial charge on any atom is -0.872 e. The second-order valence-electron chi connectivity index (χ2n) is 6.12. The van der Waals surface area contributed by atoms with Gasteiger partial charge in [0, 0.05) is 23.5 Å². The summed E-state index contributed by atoms with van der Waals surface area (Å²) in [6.07, 6.45) is 3.50. The number of aromatic nitrogens is 3. The van der Waals surface area contributed by atoms with E-state index in [1.807, 2.05) is 54.6 Å². The van der Waals surface area contributed by atoms with E-state index in [4.69, 9.17) is 0 Å². The molecular formula is C22H14LiN3O. The van der Waals surface area contributed by atoms with Crippen molar-refractivity contribution in [3.8, 4) is 22.7 Å². The van der Waals surface area contributed by atoms with Crippen LogP contribution in [-0.2, 0) is 0 Å². The van der Waals surface area contributed by atoms with Crippen LogP contribution in [0.2, 0.25) is 0 Å². The van der Waals surface area contributed by atoms with E-state index in [1.165, 1.54) is 0 Å². The fourth-order valence-electron chi connectivity index (χ4n) is 3.44. The average molecular weight is 343 g/mol. The van der Waals surface area contributed by atoms with E-state index in [2.05, 4.69) is 26.7 Å². The van der Waals surface area contributed by atoms with Gasteiger partial charge in [0.2, 0.25) is 0 Å². The number of rotatable bonds is 2. The van der Waals surface area contributed by atoms with Gasteiger partial charge in [-0.05, 0) is 48.0 Å². The Hall–Kier alpha value is -3.06. The Bertz CT molecular complexity index is 1200. The zero-order chi connectivity index (χ0) is 17.5. The number of pyridine rings is 2. The standard InChI is InChI=1S/C22H15N3O.Li/c26-21-11-10-15(14-17(21)18-7-3-4-12-23-18)25-19-8-2-1-6-16(19)22-20(25)9-5-13-24-22;/h1-14,26H;/q;+1/p-1. The molecule has 0 bridgehead atoms.